The van der Waals surface area contributed by atoms with Crippen molar-refractivity contribution in [2.24, 2.45) is 17.1 Å². The minimum atomic E-state index is -0.344. The van der Waals surface area contributed by atoms with Gasteiger partial charge in [0.1, 0.15) is 0 Å². The summed E-state index contributed by atoms with van der Waals surface area (Å²) in [7, 11) is 0. The zero-order chi connectivity index (χ0) is 16.0. The van der Waals surface area contributed by atoms with Gasteiger partial charge in [0.25, 0.3) is 0 Å². The first-order chi connectivity index (χ1) is 10.6. The van der Waals surface area contributed by atoms with Gasteiger partial charge in [0.05, 0.1) is 5.41 Å². The molecule has 2 rings (SSSR count). The first kappa shape index (κ1) is 23.9. The van der Waals surface area contributed by atoms with Crippen molar-refractivity contribution in [3.63, 3.8) is 0 Å². The lowest BCUT2D eigenvalue weighted by atomic mass is 9.80. The second kappa shape index (κ2) is 11.5. The molecule has 7 heteroatoms. The van der Waals surface area contributed by atoms with Crippen molar-refractivity contribution in [3.05, 3.63) is 0 Å². The van der Waals surface area contributed by atoms with E-state index in [1.165, 1.54) is 12.8 Å². The minimum absolute atomic E-state index is 0. The lowest BCUT2D eigenvalue weighted by Crippen LogP contribution is -2.55. The van der Waals surface area contributed by atoms with Gasteiger partial charge in [-0.05, 0) is 31.6 Å². The molecule has 24 heavy (non-hydrogen) atoms. The Morgan fingerprint density at radius 3 is 2.08 bits per heavy atom. The van der Waals surface area contributed by atoms with Crippen LogP contribution in [0.15, 0.2) is 0 Å². The molecule has 2 heterocycles. The molecular weight excluding hydrogens is 349 g/mol. The van der Waals surface area contributed by atoms with Gasteiger partial charge in [-0.3, -0.25) is 9.69 Å². The molecule has 2 aliphatic heterocycles. The van der Waals surface area contributed by atoms with Gasteiger partial charge in [-0.2, -0.15) is 0 Å². The molecule has 0 unspecified atom stereocenters. The van der Waals surface area contributed by atoms with E-state index in [9.17, 15) is 4.79 Å². The van der Waals surface area contributed by atoms with E-state index in [0.29, 0.717) is 6.54 Å². The number of piperazine rings is 1. The summed E-state index contributed by atoms with van der Waals surface area (Å²) in [5, 5.41) is 0. The maximum Gasteiger partial charge on any atom is 0.230 e. The third kappa shape index (κ3) is 5.73. The molecule has 0 radical (unpaired) electrons. The van der Waals surface area contributed by atoms with Crippen LogP contribution in [0.25, 0.3) is 0 Å². The van der Waals surface area contributed by atoms with Crippen LogP contribution < -0.4 is 5.73 Å². The second-order valence-electron chi connectivity index (χ2n) is 6.84. The van der Waals surface area contributed by atoms with Crippen LogP contribution in [-0.2, 0) is 9.53 Å². The number of amides is 1. The molecule has 0 atom stereocenters. The van der Waals surface area contributed by atoms with Crippen LogP contribution in [0.3, 0.4) is 0 Å². The average Bonchev–Trinajstić information content (AvgIpc) is 2.58. The third-order valence-corrected chi connectivity index (χ3v) is 5.71. The van der Waals surface area contributed by atoms with Crippen LogP contribution in [0.2, 0.25) is 0 Å². The van der Waals surface area contributed by atoms with Gasteiger partial charge < -0.3 is 15.4 Å². The number of rotatable bonds is 6. The highest BCUT2D eigenvalue weighted by atomic mass is 35.5. The summed E-state index contributed by atoms with van der Waals surface area (Å²) in [5.41, 5.74) is 5.57. The number of carbonyl (C=O) groups excluding carboxylic acids is 1. The van der Waals surface area contributed by atoms with Gasteiger partial charge in [-0.15, -0.1) is 24.8 Å². The van der Waals surface area contributed by atoms with Crippen LogP contribution in [0.1, 0.15) is 39.5 Å². The Kier molecular flexibility index (Phi) is 11.5. The number of nitrogens with zero attached hydrogens (tertiary/aromatic N) is 2. The molecule has 5 nitrogen and oxygen atoms in total. The fourth-order valence-electron chi connectivity index (χ4n) is 3.69. The second-order valence-corrected chi connectivity index (χ2v) is 6.84. The Labute approximate surface area is 159 Å². The number of nitrogens with two attached hydrogens (primary N) is 1. The van der Waals surface area contributed by atoms with Crippen molar-refractivity contribution < 1.29 is 9.53 Å². The SMILES string of the molecule is CCC(CC)(CN)C(=O)N1CCN(CC2CCOCC2)CC1.Cl.Cl. The standard InChI is InChI=1S/C17H33N3O2.2ClH/c1-3-17(4-2,14-18)16(21)20-9-7-19(8-10-20)13-15-5-11-22-12-6-15;;/h15H,3-14,18H2,1-2H3;2*1H. The van der Waals surface area contributed by atoms with Crippen molar-refractivity contribution in [2.75, 3.05) is 52.5 Å². The van der Waals surface area contributed by atoms with Gasteiger partial charge in [-0.1, -0.05) is 13.8 Å². The molecule has 2 saturated heterocycles. The van der Waals surface area contributed by atoms with E-state index >= 15 is 0 Å². The number of hydrogen-bond donors (Lipinski definition) is 1. The summed E-state index contributed by atoms with van der Waals surface area (Å²) >= 11 is 0. The Hall–Kier alpha value is -0.0700. The van der Waals surface area contributed by atoms with Crippen molar-refractivity contribution in [1.82, 2.24) is 9.80 Å². The summed E-state index contributed by atoms with van der Waals surface area (Å²) in [6.45, 7) is 11.3. The molecule has 0 saturated carbocycles. The predicted octanol–water partition coefficient (Wildman–Crippen LogP) is 2.17. The van der Waals surface area contributed by atoms with E-state index in [4.69, 9.17) is 10.5 Å². The van der Waals surface area contributed by atoms with Crippen molar-refractivity contribution in [2.45, 2.75) is 39.5 Å². The highest BCUT2D eigenvalue weighted by Crippen LogP contribution is 2.28. The zero-order valence-electron chi connectivity index (χ0n) is 15.2. The molecule has 0 aromatic carbocycles. The van der Waals surface area contributed by atoms with E-state index in [0.717, 1.165) is 64.7 Å². The topological polar surface area (TPSA) is 58.8 Å². The lowest BCUT2D eigenvalue weighted by Gasteiger charge is -2.41. The quantitative estimate of drug-likeness (QED) is 0.763. The number of hydrogen-bond acceptors (Lipinski definition) is 4. The Morgan fingerprint density at radius 2 is 1.62 bits per heavy atom. The Bertz CT molecular complexity index is 345. The van der Waals surface area contributed by atoms with Gasteiger partial charge in [-0.25, -0.2) is 0 Å². The molecule has 1 amide bonds. The van der Waals surface area contributed by atoms with Gasteiger partial charge in [0.2, 0.25) is 5.91 Å². The molecule has 0 aliphatic carbocycles. The van der Waals surface area contributed by atoms with Crippen molar-refractivity contribution >= 4 is 30.7 Å². The Balaban J connectivity index is 0.00000264. The van der Waals surface area contributed by atoms with Crippen molar-refractivity contribution in [1.29, 1.82) is 0 Å². The summed E-state index contributed by atoms with van der Waals surface area (Å²) in [5.74, 6) is 1.04. The summed E-state index contributed by atoms with van der Waals surface area (Å²) in [4.78, 5) is 17.4. The summed E-state index contributed by atoms with van der Waals surface area (Å²) in [6, 6.07) is 0. The van der Waals surface area contributed by atoms with Gasteiger partial charge in [0.15, 0.2) is 0 Å². The van der Waals surface area contributed by atoms with Crippen LogP contribution in [0.5, 0.6) is 0 Å². The first-order valence-electron chi connectivity index (χ1n) is 8.94. The van der Waals surface area contributed by atoms with Gasteiger partial charge >= 0.3 is 0 Å². The number of halogens is 2. The molecule has 2 N–H and O–H groups in total. The van der Waals surface area contributed by atoms with Crippen LogP contribution in [-0.4, -0.2) is 68.2 Å². The van der Waals surface area contributed by atoms with E-state index in [2.05, 4.69) is 18.7 Å². The molecule has 2 aliphatic rings. The van der Waals surface area contributed by atoms with E-state index in [1.54, 1.807) is 0 Å². The van der Waals surface area contributed by atoms with E-state index in [-0.39, 0.29) is 36.1 Å². The van der Waals surface area contributed by atoms with Crippen LogP contribution >= 0.6 is 24.8 Å². The highest BCUT2D eigenvalue weighted by molar-refractivity contribution is 5.85. The molecule has 2 fully saturated rings. The molecule has 0 aromatic rings. The maximum atomic E-state index is 12.8. The van der Waals surface area contributed by atoms with Crippen LogP contribution in [0, 0.1) is 11.3 Å². The number of carbonyl (C=O) groups is 1. The Morgan fingerprint density at radius 1 is 1.08 bits per heavy atom. The third-order valence-electron chi connectivity index (χ3n) is 5.71. The van der Waals surface area contributed by atoms with Crippen molar-refractivity contribution in [3.8, 4) is 0 Å². The molecule has 0 spiro atoms. The smallest absolute Gasteiger partial charge is 0.230 e. The zero-order valence-corrected chi connectivity index (χ0v) is 16.8. The minimum Gasteiger partial charge on any atom is -0.381 e. The molecule has 144 valence electrons. The molecular formula is C17H35Cl2N3O2. The van der Waals surface area contributed by atoms with Crippen LogP contribution in [0.4, 0.5) is 0 Å². The fraction of sp³-hybridized carbons (Fsp3) is 0.941. The predicted molar refractivity (Wildman–Crippen MR) is 103 cm³/mol. The average molecular weight is 384 g/mol. The lowest BCUT2D eigenvalue weighted by molar-refractivity contribution is -0.144. The number of ether oxygens (including phenoxy) is 1. The summed E-state index contributed by atoms with van der Waals surface area (Å²) < 4.78 is 5.43. The monoisotopic (exact) mass is 383 g/mol. The summed E-state index contributed by atoms with van der Waals surface area (Å²) in [6.07, 6.45) is 4.03. The first-order valence-corrected chi connectivity index (χ1v) is 8.94. The van der Waals surface area contributed by atoms with Gasteiger partial charge in [0, 0.05) is 52.5 Å². The molecule has 0 aromatic heterocycles. The molecule has 0 bridgehead atoms. The maximum absolute atomic E-state index is 12.8. The normalized spacial score (nSPS) is 20.2. The van der Waals surface area contributed by atoms with E-state index in [1.807, 2.05) is 4.90 Å². The fourth-order valence-corrected chi connectivity index (χ4v) is 3.69. The largest absolute Gasteiger partial charge is 0.381 e. The highest BCUT2D eigenvalue weighted by Gasteiger charge is 2.37. The van der Waals surface area contributed by atoms with E-state index < -0.39 is 0 Å².